The Hall–Kier alpha value is -3.13. The summed E-state index contributed by atoms with van der Waals surface area (Å²) in [5, 5.41) is 2.32. The fourth-order valence-corrected chi connectivity index (χ4v) is 5.32. The zero-order valence-corrected chi connectivity index (χ0v) is 18.6. The van der Waals surface area contributed by atoms with Gasteiger partial charge in [-0.3, -0.25) is 29.6 Å². The minimum atomic E-state index is -0.692. The number of benzene rings is 1. The maximum atomic E-state index is 14.5. The monoisotopic (exact) mass is 450 g/mol. The first-order valence-electron chi connectivity index (χ1n) is 11.5. The van der Waals surface area contributed by atoms with Crippen molar-refractivity contribution < 1.29 is 18.8 Å². The van der Waals surface area contributed by atoms with Crippen molar-refractivity contribution in [2.45, 2.75) is 57.7 Å². The second kappa shape index (κ2) is 8.67. The molecule has 0 bridgehead atoms. The molecule has 0 spiro atoms. The zero-order chi connectivity index (χ0) is 23.1. The predicted molar refractivity (Wildman–Crippen MR) is 119 cm³/mol. The molecule has 7 nitrogen and oxygen atoms in total. The molecule has 8 heteroatoms. The van der Waals surface area contributed by atoms with Crippen molar-refractivity contribution in [3.05, 3.63) is 64.2 Å². The molecule has 2 saturated heterocycles. The van der Waals surface area contributed by atoms with E-state index in [1.165, 1.54) is 22.1 Å². The van der Waals surface area contributed by atoms with Crippen molar-refractivity contribution in [2.24, 2.45) is 0 Å². The summed E-state index contributed by atoms with van der Waals surface area (Å²) in [6.07, 6.45) is 5.97. The molecule has 3 aliphatic heterocycles. The number of hydrogen-bond acceptors (Lipinski definition) is 5. The third-order valence-corrected chi connectivity index (χ3v) is 7.22. The van der Waals surface area contributed by atoms with Crippen LogP contribution in [0.1, 0.15) is 64.2 Å². The number of carbonyl (C=O) groups excluding carboxylic acids is 3. The largest absolute Gasteiger partial charge is 0.322 e. The molecule has 5 rings (SSSR count). The number of hydrogen-bond donors (Lipinski definition) is 1. The Balaban J connectivity index is 1.32. The normalized spacial score (nSPS) is 21.9. The van der Waals surface area contributed by atoms with Crippen molar-refractivity contribution in [1.29, 1.82) is 0 Å². The lowest BCUT2D eigenvalue weighted by Gasteiger charge is -2.33. The number of nitrogens with zero attached hydrogens (tertiary/aromatic N) is 3. The second-order valence-electron chi connectivity index (χ2n) is 9.27. The van der Waals surface area contributed by atoms with Crippen LogP contribution in [0.15, 0.2) is 30.6 Å². The highest BCUT2D eigenvalue weighted by Gasteiger charge is 2.41. The smallest absolute Gasteiger partial charge is 0.255 e. The fourth-order valence-electron chi connectivity index (χ4n) is 5.32. The van der Waals surface area contributed by atoms with Gasteiger partial charge in [-0.15, -0.1) is 0 Å². The Labute approximate surface area is 192 Å². The minimum absolute atomic E-state index is 0.162. The first kappa shape index (κ1) is 21.7. The lowest BCUT2D eigenvalue weighted by molar-refractivity contribution is -0.136. The molecule has 4 heterocycles. The van der Waals surface area contributed by atoms with Gasteiger partial charge in [-0.2, -0.15) is 0 Å². The number of pyridine rings is 1. The van der Waals surface area contributed by atoms with Gasteiger partial charge in [-0.1, -0.05) is 0 Å². The summed E-state index contributed by atoms with van der Waals surface area (Å²) >= 11 is 0. The highest BCUT2D eigenvalue weighted by atomic mass is 19.1. The molecule has 33 heavy (non-hydrogen) atoms. The number of aromatic nitrogens is 1. The van der Waals surface area contributed by atoms with Gasteiger partial charge in [0.05, 0.1) is 0 Å². The SMILES string of the molecule is Cc1ccncc1CN1CCC(c2cc(F)cc3c2CN(C2CCC(=O)NC2=O)C3=O)CC1. The molecule has 3 aliphatic rings. The first-order chi connectivity index (χ1) is 15.9. The maximum absolute atomic E-state index is 14.5. The molecular formula is C25H27FN4O3. The number of likely N-dealkylation sites (tertiary alicyclic amines) is 1. The number of amides is 3. The highest BCUT2D eigenvalue weighted by molar-refractivity contribution is 6.05. The Morgan fingerprint density at radius 1 is 1.15 bits per heavy atom. The van der Waals surface area contributed by atoms with Gasteiger partial charge >= 0.3 is 0 Å². The highest BCUT2D eigenvalue weighted by Crippen LogP contribution is 2.38. The number of nitrogens with one attached hydrogen (secondary N) is 1. The van der Waals surface area contributed by atoms with E-state index in [0.717, 1.165) is 43.6 Å². The van der Waals surface area contributed by atoms with E-state index in [0.29, 0.717) is 12.0 Å². The summed E-state index contributed by atoms with van der Waals surface area (Å²) in [7, 11) is 0. The number of halogens is 1. The van der Waals surface area contributed by atoms with Crippen LogP contribution < -0.4 is 5.32 Å². The quantitative estimate of drug-likeness (QED) is 0.725. The van der Waals surface area contributed by atoms with E-state index in [1.807, 2.05) is 12.3 Å². The van der Waals surface area contributed by atoms with Gasteiger partial charge in [0, 0.05) is 37.5 Å². The van der Waals surface area contributed by atoms with Gasteiger partial charge in [0.15, 0.2) is 0 Å². The van der Waals surface area contributed by atoms with Gasteiger partial charge < -0.3 is 4.90 Å². The van der Waals surface area contributed by atoms with E-state index in [9.17, 15) is 18.8 Å². The van der Waals surface area contributed by atoms with Gasteiger partial charge in [0.25, 0.3) is 5.91 Å². The number of carbonyl (C=O) groups is 3. The van der Waals surface area contributed by atoms with Crippen LogP contribution in [0.5, 0.6) is 0 Å². The Morgan fingerprint density at radius 3 is 2.67 bits per heavy atom. The van der Waals surface area contributed by atoms with Gasteiger partial charge in [-0.05, 0) is 85.6 Å². The number of imide groups is 1. The van der Waals surface area contributed by atoms with Crippen LogP contribution in [0, 0.1) is 12.7 Å². The third-order valence-electron chi connectivity index (χ3n) is 7.22. The molecule has 2 aromatic rings. The molecule has 1 N–H and O–H groups in total. The van der Waals surface area contributed by atoms with Crippen LogP contribution in [-0.2, 0) is 22.7 Å². The van der Waals surface area contributed by atoms with Crippen molar-refractivity contribution >= 4 is 17.7 Å². The number of rotatable bonds is 4. The van der Waals surface area contributed by atoms with Crippen LogP contribution >= 0.6 is 0 Å². The molecule has 0 radical (unpaired) electrons. The average Bonchev–Trinajstić information content (AvgIpc) is 3.11. The molecule has 0 aliphatic carbocycles. The van der Waals surface area contributed by atoms with Crippen LogP contribution in [0.2, 0.25) is 0 Å². The second-order valence-corrected chi connectivity index (χ2v) is 9.27. The van der Waals surface area contributed by atoms with Crippen molar-refractivity contribution in [3.8, 4) is 0 Å². The summed E-state index contributed by atoms with van der Waals surface area (Å²) in [6.45, 7) is 4.98. The topological polar surface area (TPSA) is 82.6 Å². The predicted octanol–water partition coefficient (Wildman–Crippen LogP) is 2.67. The van der Waals surface area contributed by atoms with Gasteiger partial charge in [0.1, 0.15) is 11.9 Å². The number of aryl methyl sites for hydroxylation is 1. The van der Waals surface area contributed by atoms with Gasteiger partial charge in [-0.25, -0.2) is 4.39 Å². The van der Waals surface area contributed by atoms with E-state index in [1.54, 1.807) is 12.3 Å². The molecular weight excluding hydrogens is 423 g/mol. The van der Waals surface area contributed by atoms with Crippen molar-refractivity contribution in [1.82, 2.24) is 20.1 Å². The minimum Gasteiger partial charge on any atom is -0.322 e. The molecule has 3 amide bonds. The van der Waals surface area contributed by atoms with Crippen LogP contribution in [0.25, 0.3) is 0 Å². The van der Waals surface area contributed by atoms with E-state index >= 15 is 0 Å². The Kier molecular flexibility index (Phi) is 5.70. The molecule has 1 unspecified atom stereocenters. The molecule has 172 valence electrons. The number of piperidine rings is 2. The fraction of sp³-hybridized carbons (Fsp3) is 0.440. The van der Waals surface area contributed by atoms with Crippen LogP contribution in [0.4, 0.5) is 4.39 Å². The third kappa shape index (κ3) is 4.15. The van der Waals surface area contributed by atoms with E-state index in [2.05, 4.69) is 22.1 Å². The molecule has 1 atom stereocenters. The van der Waals surface area contributed by atoms with E-state index in [-0.39, 0.29) is 30.7 Å². The van der Waals surface area contributed by atoms with Crippen molar-refractivity contribution in [2.75, 3.05) is 13.1 Å². The van der Waals surface area contributed by atoms with Crippen LogP contribution in [0.3, 0.4) is 0 Å². The zero-order valence-electron chi connectivity index (χ0n) is 18.6. The summed E-state index contributed by atoms with van der Waals surface area (Å²) in [5.41, 5.74) is 4.50. The number of fused-ring (bicyclic) bond motifs is 1. The standard InChI is InChI=1S/C25H27FN4O3/c1-15-4-7-27-12-17(15)13-29-8-5-16(6-9-29)19-10-18(26)11-20-21(19)14-30(25(20)33)22-2-3-23(31)28-24(22)32/h4,7,10-12,16,22H,2-3,5-6,8-9,13-14H2,1H3,(H,28,31,32). The summed E-state index contributed by atoms with van der Waals surface area (Å²) in [5.74, 6) is -1.36. The van der Waals surface area contributed by atoms with Gasteiger partial charge in [0.2, 0.25) is 11.8 Å². The average molecular weight is 451 g/mol. The molecule has 1 aromatic carbocycles. The molecule has 1 aromatic heterocycles. The van der Waals surface area contributed by atoms with Crippen molar-refractivity contribution in [3.63, 3.8) is 0 Å². The maximum Gasteiger partial charge on any atom is 0.255 e. The Morgan fingerprint density at radius 2 is 1.94 bits per heavy atom. The Bertz CT molecular complexity index is 1130. The summed E-state index contributed by atoms with van der Waals surface area (Å²) in [6, 6.07) is 4.17. The summed E-state index contributed by atoms with van der Waals surface area (Å²) < 4.78 is 14.5. The van der Waals surface area contributed by atoms with E-state index in [4.69, 9.17) is 0 Å². The van der Waals surface area contributed by atoms with E-state index < -0.39 is 17.8 Å². The lowest BCUT2D eigenvalue weighted by atomic mass is 9.85. The van der Waals surface area contributed by atoms with Crippen LogP contribution in [-0.4, -0.2) is 51.6 Å². The first-order valence-corrected chi connectivity index (χ1v) is 11.5. The molecule has 0 saturated carbocycles. The lowest BCUT2D eigenvalue weighted by Crippen LogP contribution is -2.52. The summed E-state index contributed by atoms with van der Waals surface area (Å²) in [4.78, 5) is 45.0. The molecule has 2 fully saturated rings.